The molecule has 14 nitrogen and oxygen atoms in total. The topological polar surface area (TPSA) is 192 Å². The number of fused-ring (bicyclic) bond motifs is 2. The maximum Gasteiger partial charge on any atom is 0.188 e. The fourth-order valence-corrected chi connectivity index (χ4v) is 4.76. The molecule has 0 aliphatic carbocycles. The van der Waals surface area contributed by atoms with Crippen molar-refractivity contribution in [1.29, 1.82) is 0 Å². The largest absolute Gasteiger partial charge is 0.387 e. The first kappa shape index (κ1) is 25.6. The number of benzene rings is 1. The Balaban J connectivity index is 1.17. The van der Waals surface area contributed by atoms with E-state index in [-0.39, 0.29) is 11.6 Å². The predicted molar refractivity (Wildman–Crippen MR) is 145 cm³/mol. The number of aliphatic hydroxyl groups excluding tert-OH is 2. The molecule has 0 amide bonds. The molecular formula is C26H27N11O3. The Kier molecular flexibility index (Phi) is 6.70. The van der Waals surface area contributed by atoms with E-state index in [1.165, 1.54) is 19.0 Å². The van der Waals surface area contributed by atoms with Crippen molar-refractivity contribution in [3.8, 4) is 11.8 Å². The van der Waals surface area contributed by atoms with Crippen LogP contribution < -0.4 is 11.5 Å². The number of likely N-dealkylation sites (N-methyl/N-ethyl adjacent to an activating group) is 1. The van der Waals surface area contributed by atoms with E-state index in [0.717, 1.165) is 5.56 Å². The van der Waals surface area contributed by atoms with E-state index in [4.69, 9.17) is 16.2 Å². The minimum absolute atomic E-state index is 0.221. The minimum atomic E-state index is -1.19. The van der Waals surface area contributed by atoms with Gasteiger partial charge in [-0.1, -0.05) is 36.3 Å². The maximum atomic E-state index is 10.7. The minimum Gasteiger partial charge on any atom is -0.387 e. The average Bonchev–Trinajstić information content (AvgIpc) is 3.61. The standard InChI is InChI=1S/C26H27N11O3/c1-35(11-16-20(38)21(39)26(40-16)37-14-33-18-22(27)29-12-31-24(18)37)9-5-8-17-34-19-23(28)30-13-32-25(19)36(17)10-15-6-3-2-4-7-15/h2-4,6-7,12-14,16,20-21,26,38-39H,9-11H2,1H3,(H2,27,29,31)(H2,28,30,32)/t16-,20-,21-,26-/m1/s1. The van der Waals surface area contributed by atoms with Gasteiger partial charge in [0.05, 0.1) is 19.4 Å². The highest BCUT2D eigenvalue weighted by atomic mass is 16.6. The zero-order valence-electron chi connectivity index (χ0n) is 21.5. The molecule has 1 saturated heterocycles. The van der Waals surface area contributed by atoms with E-state index in [1.807, 2.05) is 46.8 Å². The van der Waals surface area contributed by atoms with Crippen molar-refractivity contribution in [2.24, 2.45) is 0 Å². The lowest BCUT2D eigenvalue weighted by molar-refractivity contribution is -0.0413. The number of rotatable bonds is 6. The van der Waals surface area contributed by atoms with Gasteiger partial charge in [0.2, 0.25) is 0 Å². The van der Waals surface area contributed by atoms with Crippen LogP contribution in [-0.4, -0.2) is 92.6 Å². The van der Waals surface area contributed by atoms with E-state index in [9.17, 15) is 10.2 Å². The molecule has 4 atom stereocenters. The van der Waals surface area contributed by atoms with Crippen molar-refractivity contribution in [1.82, 2.24) is 43.9 Å². The summed E-state index contributed by atoms with van der Waals surface area (Å²) in [6, 6.07) is 9.93. The predicted octanol–water partition coefficient (Wildman–Crippen LogP) is -0.219. The first-order chi connectivity index (χ1) is 19.4. The Morgan fingerprint density at radius 3 is 2.45 bits per heavy atom. The molecule has 4 aromatic heterocycles. The number of hydrogen-bond donors (Lipinski definition) is 4. The van der Waals surface area contributed by atoms with Crippen LogP contribution in [0, 0.1) is 11.8 Å². The molecule has 1 aliphatic rings. The highest BCUT2D eigenvalue weighted by molar-refractivity contribution is 5.82. The normalized spacial score (nSPS) is 20.8. The highest BCUT2D eigenvalue weighted by Crippen LogP contribution is 2.32. The van der Waals surface area contributed by atoms with Gasteiger partial charge in [-0.3, -0.25) is 14.0 Å². The van der Waals surface area contributed by atoms with Crippen molar-refractivity contribution >= 4 is 34.0 Å². The van der Waals surface area contributed by atoms with Crippen molar-refractivity contribution in [2.45, 2.75) is 31.1 Å². The number of aromatic nitrogens is 8. The van der Waals surface area contributed by atoms with Crippen LogP contribution in [0.2, 0.25) is 0 Å². The molecule has 5 heterocycles. The molecule has 0 bridgehead atoms. The fraction of sp³-hybridized carbons (Fsp3) is 0.308. The van der Waals surface area contributed by atoms with Crippen LogP contribution >= 0.6 is 0 Å². The summed E-state index contributed by atoms with van der Waals surface area (Å²) in [6.07, 6.45) is 0.300. The zero-order valence-corrected chi connectivity index (χ0v) is 21.5. The highest BCUT2D eigenvalue weighted by Gasteiger charge is 2.44. The lowest BCUT2D eigenvalue weighted by Gasteiger charge is -2.20. The van der Waals surface area contributed by atoms with Gasteiger partial charge in [0.1, 0.15) is 36.5 Å². The van der Waals surface area contributed by atoms with Crippen LogP contribution in [0.1, 0.15) is 17.6 Å². The number of imidazole rings is 2. The second-order valence-corrected chi connectivity index (χ2v) is 9.57. The molecular weight excluding hydrogens is 514 g/mol. The molecule has 0 spiro atoms. The summed E-state index contributed by atoms with van der Waals surface area (Å²) >= 11 is 0. The maximum absolute atomic E-state index is 10.7. The van der Waals surface area contributed by atoms with Crippen molar-refractivity contribution in [3.05, 3.63) is 60.7 Å². The van der Waals surface area contributed by atoms with Gasteiger partial charge in [0, 0.05) is 6.54 Å². The SMILES string of the molecule is CN(CC#Cc1nc2c(N)ncnc2n1Cc1ccccc1)C[C@H]1O[C@@H](n2cnc3c(N)ncnc32)[C@H](O)[C@@H]1O. The Hall–Kier alpha value is -4.68. The van der Waals surface area contributed by atoms with Crippen LogP contribution in [0.15, 0.2) is 49.3 Å². The number of hydrogen-bond acceptors (Lipinski definition) is 12. The lowest BCUT2D eigenvalue weighted by atomic mass is 10.1. The summed E-state index contributed by atoms with van der Waals surface area (Å²) in [5.74, 6) is 7.29. The van der Waals surface area contributed by atoms with Gasteiger partial charge in [-0.05, 0) is 18.5 Å². The molecule has 1 fully saturated rings. The summed E-state index contributed by atoms with van der Waals surface area (Å²) in [5.41, 5.74) is 14.9. The quantitative estimate of drug-likeness (QED) is 0.207. The third kappa shape index (κ3) is 4.67. The average molecular weight is 542 g/mol. The molecule has 0 unspecified atom stereocenters. The van der Waals surface area contributed by atoms with Crippen LogP contribution in [0.3, 0.4) is 0 Å². The van der Waals surface area contributed by atoms with Crippen molar-refractivity contribution < 1.29 is 14.9 Å². The Labute approximate surface area is 228 Å². The van der Waals surface area contributed by atoms with E-state index < -0.39 is 24.5 Å². The Bertz CT molecular complexity index is 1730. The molecule has 1 aliphatic heterocycles. The Morgan fingerprint density at radius 1 is 0.950 bits per heavy atom. The molecule has 0 saturated carbocycles. The van der Waals surface area contributed by atoms with Crippen LogP contribution in [0.5, 0.6) is 0 Å². The molecule has 6 rings (SSSR count). The first-order valence-electron chi connectivity index (χ1n) is 12.5. The van der Waals surface area contributed by atoms with Gasteiger partial charge in [-0.15, -0.1) is 0 Å². The number of ether oxygens (including phenoxy) is 1. The molecule has 204 valence electrons. The second kappa shape index (κ2) is 10.5. The lowest BCUT2D eigenvalue weighted by Crippen LogP contribution is -2.38. The number of anilines is 2. The molecule has 0 radical (unpaired) electrons. The van der Waals surface area contributed by atoms with Gasteiger partial charge in [0.15, 0.2) is 40.5 Å². The van der Waals surface area contributed by atoms with Crippen molar-refractivity contribution in [3.63, 3.8) is 0 Å². The van der Waals surface area contributed by atoms with Crippen LogP contribution in [-0.2, 0) is 11.3 Å². The van der Waals surface area contributed by atoms with E-state index in [2.05, 4.69) is 41.7 Å². The summed E-state index contributed by atoms with van der Waals surface area (Å²) in [7, 11) is 1.85. The molecule has 14 heteroatoms. The smallest absolute Gasteiger partial charge is 0.188 e. The van der Waals surface area contributed by atoms with Crippen LogP contribution in [0.25, 0.3) is 22.3 Å². The Morgan fingerprint density at radius 2 is 1.68 bits per heavy atom. The van der Waals surface area contributed by atoms with E-state index >= 15 is 0 Å². The van der Waals surface area contributed by atoms with E-state index in [1.54, 1.807) is 4.57 Å². The van der Waals surface area contributed by atoms with Gasteiger partial charge in [-0.2, -0.15) is 0 Å². The molecule has 6 N–H and O–H groups in total. The zero-order chi connectivity index (χ0) is 27.8. The van der Waals surface area contributed by atoms with Crippen molar-refractivity contribution in [2.75, 3.05) is 31.6 Å². The fourth-order valence-electron chi connectivity index (χ4n) is 4.76. The van der Waals surface area contributed by atoms with Gasteiger partial charge < -0.3 is 26.4 Å². The van der Waals surface area contributed by atoms with Gasteiger partial charge in [0.25, 0.3) is 0 Å². The molecule has 5 aromatic rings. The first-order valence-corrected chi connectivity index (χ1v) is 12.5. The van der Waals surface area contributed by atoms with E-state index in [0.29, 0.717) is 47.8 Å². The molecule has 1 aromatic carbocycles. The third-order valence-corrected chi connectivity index (χ3v) is 6.78. The number of nitrogens with zero attached hydrogens (tertiary/aromatic N) is 9. The number of nitrogens with two attached hydrogens (primary N) is 2. The number of nitrogen functional groups attached to an aromatic ring is 2. The monoisotopic (exact) mass is 541 g/mol. The number of aliphatic hydroxyl groups is 2. The van der Waals surface area contributed by atoms with Gasteiger partial charge in [-0.25, -0.2) is 29.9 Å². The molecule has 40 heavy (non-hydrogen) atoms. The summed E-state index contributed by atoms with van der Waals surface area (Å²) in [4.78, 5) is 27.3. The second-order valence-electron chi connectivity index (χ2n) is 9.57. The third-order valence-electron chi connectivity index (χ3n) is 6.78. The summed E-state index contributed by atoms with van der Waals surface area (Å²) in [5, 5.41) is 21.5. The summed E-state index contributed by atoms with van der Waals surface area (Å²) in [6.45, 7) is 1.18. The van der Waals surface area contributed by atoms with Gasteiger partial charge >= 0.3 is 0 Å². The van der Waals surface area contributed by atoms with Crippen LogP contribution in [0.4, 0.5) is 11.6 Å². The summed E-state index contributed by atoms with van der Waals surface area (Å²) < 4.78 is 9.50.